The van der Waals surface area contributed by atoms with Crippen molar-refractivity contribution in [2.75, 3.05) is 0 Å². The van der Waals surface area contributed by atoms with Crippen molar-refractivity contribution in [3.63, 3.8) is 0 Å². The van der Waals surface area contributed by atoms with Gasteiger partial charge in [0.15, 0.2) is 0 Å². The Kier molecular flexibility index (Phi) is 4.97. The summed E-state index contributed by atoms with van der Waals surface area (Å²) in [5, 5.41) is 6.81. The number of rotatable bonds is 3. The lowest BCUT2D eigenvalue weighted by atomic mass is 10.0. The molecule has 5 aromatic carbocycles. The quantitative estimate of drug-likeness (QED) is 0.204. The maximum atomic E-state index is 6.57. The molecule has 0 atom stereocenters. The van der Waals surface area contributed by atoms with Crippen molar-refractivity contribution in [1.82, 2.24) is 18.8 Å². The zero-order valence-corrected chi connectivity index (χ0v) is 23.7. The van der Waals surface area contributed by atoms with Crippen molar-refractivity contribution in [1.29, 1.82) is 0 Å². The fourth-order valence-corrected chi connectivity index (χ4v) is 6.63. The molecule has 0 saturated carbocycles. The van der Waals surface area contributed by atoms with Crippen molar-refractivity contribution in [2.24, 2.45) is 0 Å². The monoisotopic (exact) mass is 554 g/mol. The Bertz CT molecular complexity index is 2560. The molecule has 5 nitrogen and oxygen atoms in total. The first kappa shape index (κ1) is 24.0. The van der Waals surface area contributed by atoms with Crippen LogP contribution in [0, 0.1) is 13.8 Å². The highest BCUT2D eigenvalue weighted by molar-refractivity contribution is 6.13. The summed E-state index contributed by atoms with van der Waals surface area (Å²) in [4.78, 5) is 9.90. The molecule has 5 heteroatoms. The van der Waals surface area contributed by atoms with Gasteiger partial charge in [-0.15, -0.1) is 0 Å². The highest BCUT2D eigenvalue weighted by Gasteiger charge is 2.17. The van der Waals surface area contributed by atoms with Crippen LogP contribution in [0.1, 0.15) is 11.4 Å². The normalized spacial score (nSPS) is 12.0. The van der Waals surface area contributed by atoms with Crippen LogP contribution in [0.4, 0.5) is 0 Å². The first-order chi connectivity index (χ1) is 21.2. The van der Waals surface area contributed by atoms with Gasteiger partial charge < -0.3 is 4.74 Å². The molecular weight excluding hydrogens is 528 g/mol. The number of benzene rings is 5. The summed E-state index contributed by atoms with van der Waals surface area (Å²) < 4.78 is 11.1. The number of pyridine rings is 2. The Hall–Kier alpha value is -5.68. The van der Waals surface area contributed by atoms with E-state index < -0.39 is 0 Å². The second kappa shape index (κ2) is 8.91. The molecule has 0 aliphatic carbocycles. The lowest BCUT2D eigenvalue weighted by Gasteiger charge is -2.13. The molecule has 0 bridgehead atoms. The lowest BCUT2D eigenvalue weighted by Crippen LogP contribution is -1.95. The number of aryl methyl sites for hydroxylation is 2. The summed E-state index contributed by atoms with van der Waals surface area (Å²) in [6.45, 7) is 4.20. The van der Waals surface area contributed by atoms with Crippen molar-refractivity contribution in [2.45, 2.75) is 13.8 Å². The molecule has 0 N–H and O–H groups in total. The van der Waals surface area contributed by atoms with E-state index in [0.717, 1.165) is 78.0 Å². The molecule has 4 aromatic heterocycles. The first-order valence-corrected chi connectivity index (χ1v) is 14.5. The van der Waals surface area contributed by atoms with E-state index in [9.17, 15) is 0 Å². The third-order valence-electron chi connectivity index (χ3n) is 8.75. The number of ether oxygens (including phenoxy) is 1. The van der Waals surface area contributed by atoms with E-state index in [1.54, 1.807) is 0 Å². The molecule has 0 spiro atoms. The number of aromatic nitrogens is 4. The van der Waals surface area contributed by atoms with E-state index in [0.29, 0.717) is 0 Å². The standard InChI is InChI=1S/C38H26N4O/c1-23-24(2)41-34-14-8-6-12-30(34)29-19-17-27(21-33(29)38(41)40-23)43-26-16-18-28-31-13-7-9-15-35(31)42-36(25-10-4-3-5-11-25)22-39-37(42)32(28)20-26/h3-22H,1-2H3. The molecule has 0 radical (unpaired) electrons. The molecular formula is C38H26N4O. The van der Waals surface area contributed by atoms with Crippen LogP contribution in [0.3, 0.4) is 0 Å². The van der Waals surface area contributed by atoms with Gasteiger partial charge in [-0.3, -0.25) is 8.80 Å². The lowest BCUT2D eigenvalue weighted by molar-refractivity contribution is 0.484. The number of imidazole rings is 2. The van der Waals surface area contributed by atoms with Gasteiger partial charge in [-0.05, 0) is 73.2 Å². The fraction of sp³-hybridized carbons (Fsp3) is 0.0526. The van der Waals surface area contributed by atoms with Crippen molar-refractivity contribution >= 4 is 54.6 Å². The van der Waals surface area contributed by atoms with E-state index >= 15 is 0 Å². The number of hydrogen-bond acceptors (Lipinski definition) is 3. The maximum Gasteiger partial charge on any atom is 0.145 e. The minimum absolute atomic E-state index is 0.765. The smallest absolute Gasteiger partial charge is 0.145 e. The van der Waals surface area contributed by atoms with E-state index in [-0.39, 0.29) is 0 Å². The average Bonchev–Trinajstić information content (AvgIpc) is 3.63. The molecule has 9 aromatic rings. The number of hydrogen-bond donors (Lipinski definition) is 0. The van der Waals surface area contributed by atoms with Gasteiger partial charge in [0.05, 0.1) is 28.6 Å². The molecule has 204 valence electrons. The van der Waals surface area contributed by atoms with E-state index in [1.807, 2.05) is 12.3 Å². The minimum Gasteiger partial charge on any atom is -0.457 e. The van der Waals surface area contributed by atoms with Gasteiger partial charge in [-0.2, -0.15) is 0 Å². The number of para-hydroxylation sites is 2. The molecule has 0 amide bonds. The van der Waals surface area contributed by atoms with Crippen LogP contribution in [0.25, 0.3) is 65.9 Å². The molecule has 0 fully saturated rings. The van der Waals surface area contributed by atoms with Gasteiger partial charge in [0, 0.05) is 32.8 Å². The molecule has 43 heavy (non-hydrogen) atoms. The summed E-state index contributed by atoms with van der Waals surface area (Å²) >= 11 is 0. The Balaban J connectivity index is 1.24. The molecule has 0 aliphatic rings. The first-order valence-electron chi connectivity index (χ1n) is 14.5. The molecule has 0 unspecified atom stereocenters. The third kappa shape index (κ3) is 3.45. The highest BCUT2D eigenvalue weighted by Crippen LogP contribution is 2.38. The zero-order chi connectivity index (χ0) is 28.7. The number of nitrogens with zero attached hydrogens (tertiary/aromatic N) is 4. The van der Waals surface area contributed by atoms with Crippen molar-refractivity contribution < 1.29 is 4.74 Å². The highest BCUT2D eigenvalue weighted by atomic mass is 16.5. The van der Waals surface area contributed by atoms with Gasteiger partial charge in [0.25, 0.3) is 0 Å². The topological polar surface area (TPSA) is 43.8 Å². The van der Waals surface area contributed by atoms with Crippen LogP contribution in [-0.2, 0) is 0 Å². The largest absolute Gasteiger partial charge is 0.457 e. The molecule has 9 rings (SSSR count). The molecule has 4 heterocycles. The van der Waals surface area contributed by atoms with Gasteiger partial charge >= 0.3 is 0 Å². The van der Waals surface area contributed by atoms with Crippen molar-refractivity contribution in [3.8, 4) is 22.8 Å². The second-order valence-electron chi connectivity index (χ2n) is 11.2. The number of fused-ring (bicyclic) bond motifs is 12. The van der Waals surface area contributed by atoms with E-state index in [1.165, 1.54) is 10.8 Å². The van der Waals surface area contributed by atoms with Gasteiger partial charge in [-0.25, -0.2) is 9.97 Å². The van der Waals surface area contributed by atoms with Crippen LogP contribution in [-0.4, -0.2) is 18.8 Å². The molecule has 0 saturated heterocycles. The Morgan fingerprint density at radius 1 is 0.535 bits per heavy atom. The fourth-order valence-electron chi connectivity index (χ4n) is 6.63. The van der Waals surface area contributed by atoms with Crippen LogP contribution < -0.4 is 4.74 Å². The van der Waals surface area contributed by atoms with Crippen LogP contribution in [0.2, 0.25) is 0 Å². The Morgan fingerprint density at radius 3 is 1.79 bits per heavy atom. The van der Waals surface area contributed by atoms with Crippen LogP contribution in [0.15, 0.2) is 121 Å². The maximum absolute atomic E-state index is 6.57. The Labute approximate surface area is 247 Å². The summed E-state index contributed by atoms with van der Waals surface area (Å²) in [5.74, 6) is 1.54. The predicted octanol–water partition coefficient (Wildman–Crippen LogP) is 9.67. The zero-order valence-electron chi connectivity index (χ0n) is 23.7. The predicted molar refractivity (Wildman–Crippen MR) is 175 cm³/mol. The summed E-state index contributed by atoms with van der Waals surface area (Å²) in [6, 6.07) is 40.1. The molecule has 0 aliphatic heterocycles. The van der Waals surface area contributed by atoms with E-state index in [4.69, 9.17) is 14.7 Å². The second-order valence-corrected chi connectivity index (χ2v) is 11.2. The summed E-state index contributed by atoms with van der Waals surface area (Å²) in [7, 11) is 0. The SMILES string of the molecule is Cc1nc2c3cc(Oc4ccc5c6ccccc6n6c(-c7ccccc7)cnc6c5c4)ccc3c3ccccc3n2c1C. The Morgan fingerprint density at radius 2 is 1.12 bits per heavy atom. The summed E-state index contributed by atoms with van der Waals surface area (Å²) in [5.41, 5.74) is 8.54. The van der Waals surface area contributed by atoms with Gasteiger partial charge in [0.1, 0.15) is 22.8 Å². The third-order valence-corrected chi connectivity index (χ3v) is 8.75. The van der Waals surface area contributed by atoms with E-state index in [2.05, 4.69) is 132 Å². The minimum atomic E-state index is 0.765. The van der Waals surface area contributed by atoms with Crippen LogP contribution >= 0.6 is 0 Å². The van der Waals surface area contributed by atoms with Gasteiger partial charge in [0.2, 0.25) is 0 Å². The summed E-state index contributed by atoms with van der Waals surface area (Å²) in [6.07, 6.45) is 1.97. The van der Waals surface area contributed by atoms with Gasteiger partial charge in [-0.1, -0.05) is 66.7 Å². The van der Waals surface area contributed by atoms with Crippen molar-refractivity contribution in [3.05, 3.63) is 133 Å². The average molecular weight is 555 g/mol. The van der Waals surface area contributed by atoms with Crippen LogP contribution in [0.5, 0.6) is 11.5 Å².